The minimum absolute atomic E-state index is 1.25. The van der Waals surface area contributed by atoms with Crippen LogP contribution in [0.2, 0.25) is 0 Å². The highest BCUT2D eigenvalue weighted by atomic mass is 14.7. The lowest BCUT2D eigenvalue weighted by atomic mass is 9.97. The molecule has 1 aliphatic rings. The summed E-state index contributed by atoms with van der Waals surface area (Å²) < 4.78 is 0. The van der Waals surface area contributed by atoms with Gasteiger partial charge in [0.15, 0.2) is 0 Å². The predicted octanol–water partition coefficient (Wildman–Crippen LogP) is 4.22. The highest BCUT2D eigenvalue weighted by Crippen LogP contribution is 2.20. The Morgan fingerprint density at radius 3 is 2.25 bits per heavy atom. The number of aromatic nitrogens is 1. The van der Waals surface area contributed by atoms with E-state index in [4.69, 9.17) is 0 Å². The van der Waals surface area contributed by atoms with Crippen molar-refractivity contribution in [3.8, 4) is 0 Å². The number of hydrogen-bond donors (Lipinski definition) is 0. The Morgan fingerprint density at radius 2 is 1.50 bits per heavy atom. The summed E-state index contributed by atoms with van der Waals surface area (Å²) in [5.41, 5.74) is 4.37. The van der Waals surface area contributed by atoms with Crippen LogP contribution in [-0.2, 0) is 12.8 Å². The molecule has 0 atom stereocenters. The van der Waals surface area contributed by atoms with Crippen LogP contribution in [0, 0.1) is 6.92 Å². The van der Waals surface area contributed by atoms with Crippen LogP contribution in [0.15, 0.2) is 12.3 Å². The van der Waals surface area contributed by atoms with E-state index in [0.717, 1.165) is 0 Å². The van der Waals surface area contributed by atoms with Crippen LogP contribution in [0.1, 0.15) is 61.8 Å². The average Bonchev–Trinajstić information content (AvgIpc) is 2.34. The van der Waals surface area contributed by atoms with Gasteiger partial charge in [0.1, 0.15) is 0 Å². The van der Waals surface area contributed by atoms with Gasteiger partial charge in [-0.05, 0) is 49.8 Å². The first kappa shape index (κ1) is 11.6. The van der Waals surface area contributed by atoms with Crippen LogP contribution >= 0.6 is 0 Å². The van der Waals surface area contributed by atoms with Crippen molar-refractivity contribution in [1.29, 1.82) is 0 Å². The molecule has 1 heterocycles. The predicted molar refractivity (Wildman–Crippen MR) is 68.7 cm³/mol. The molecular weight excluding hydrogens is 194 g/mol. The summed E-state index contributed by atoms with van der Waals surface area (Å²) in [6, 6.07) is 2.24. The van der Waals surface area contributed by atoms with Gasteiger partial charge >= 0.3 is 0 Å². The second kappa shape index (κ2) is 6.03. The summed E-state index contributed by atoms with van der Waals surface area (Å²) in [7, 11) is 0. The number of rotatable bonds is 0. The second-order valence-corrected chi connectivity index (χ2v) is 5.01. The molecule has 1 heteroatoms. The minimum Gasteiger partial charge on any atom is -0.261 e. The monoisotopic (exact) mass is 217 g/mol. The molecule has 1 aliphatic carbocycles. The molecular formula is C15H23N. The molecule has 0 radical (unpaired) electrons. The van der Waals surface area contributed by atoms with E-state index < -0.39 is 0 Å². The average molecular weight is 217 g/mol. The van der Waals surface area contributed by atoms with Crippen LogP contribution in [0.25, 0.3) is 0 Å². The molecule has 16 heavy (non-hydrogen) atoms. The zero-order chi connectivity index (χ0) is 11.2. The first-order valence-electron chi connectivity index (χ1n) is 6.81. The SMILES string of the molecule is Cc1nccc2c1CCCCCCCCC2. The molecule has 2 rings (SSSR count). The van der Waals surface area contributed by atoms with E-state index in [1.165, 1.54) is 63.5 Å². The fraction of sp³-hybridized carbons (Fsp3) is 0.667. The van der Waals surface area contributed by atoms with Gasteiger partial charge in [-0.3, -0.25) is 4.98 Å². The summed E-state index contributed by atoms with van der Waals surface area (Å²) >= 11 is 0. The quantitative estimate of drug-likeness (QED) is 0.634. The van der Waals surface area contributed by atoms with E-state index >= 15 is 0 Å². The van der Waals surface area contributed by atoms with Gasteiger partial charge in [0.05, 0.1) is 0 Å². The Hall–Kier alpha value is -0.850. The normalized spacial score (nSPS) is 18.6. The Kier molecular flexibility index (Phi) is 4.38. The zero-order valence-corrected chi connectivity index (χ0v) is 10.5. The molecule has 1 nitrogen and oxygen atoms in total. The van der Waals surface area contributed by atoms with Crippen LogP contribution in [0.5, 0.6) is 0 Å². The fourth-order valence-corrected chi connectivity index (χ4v) is 2.73. The lowest BCUT2D eigenvalue weighted by molar-refractivity contribution is 0.587. The number of nitrogens with zero attached hydrogens (tertiary/aromatic N) is 1. The van der Waals surface area contributed by atoms with E-state index in [9.17, 15) is 0 Å². The van der Waals surface area contributed by atoms with Crippen LogP contribution < -0.4 is 0 Å². The summed E-state index contributed by atoms with van der Waals surface area (Å²) in [6.45, 7) is 2.17. The van der Waals surface area contributed by atoms with E-state index in [-0.39, 0.29) is 0 Å². The first-order valence-corrected chi connectivity index (χ1v) is 6.81. The van der Waals surface area contributed by atoms with Gasteiger partial charge in [0, 0.05) is 11.9 Å². The van der Waals surface area contributed by atoms with Gasteiger partial charge in [-0.15, -0.1) is 0 Å². The molecule has 0 saturated heterocycles. The third kappa shape index (κ3) is 3.07. The molecule has 0 bridgehead atoms. The molecule has 0 aromatic carbocycles. The van der Waals surface area contributed by atoms with E-state index in [1.807, 2.05) is 6.20 Å². The van der Waals surface area contributed by atoms with Gasteiger partial charge < -0.3 is 0 Å². The lowest BCUT2D eigenvalue weighted by Gasteiger charge is -2.11. The fourth-order valence-electron chi connectivity index (χ4n) is 2.73. The topological polar surface area (TPSA) is 12.9 Å². The smallest absolute Gasteiger partial charge is 0.0407 e. The molecule has 0 aliphatic heterocycles. The number of fused-ring (bicyclic) bond motifs is 1. The van der Waals surface area contributed by atoms with Crippen molar-refractivity contribution in [3.05, 3.63) is 29.1 Å². The van der Waals surface area contributed by atoms with Gasteiger partial charge in [-0.25, -0.2) is 0 Å². The standard InChI is InChI=1S/C15H23N/c1-13-15-10-8-6-4-2-3-5-7-9-14(15)11-12-16-13/h11-12H,2-10H2,1H3. The Balaban J connectivity index is 2.14. The van der Waals surface area contributed by atoms with Crippen molar-refractivity contribution in [2.24, 2.45) is 0 Å². The molecule has 1 aromatic rings. The highest BCUT2D eigenvalue weighted by molar-refractivity contribution is 5.29. The van der Waals surface area contributed by atoms with Gasteiger partial charge in [0.2, 0.25) is 0 Å². The van der Waals surface area contributed by atoms with Crippen molar-refractivity contribution in [2.45, 2.75) is 64.7 Å². The third-order valence-corrected chi connectivity index (χ3v) is 3.74. The van der Waals surface area contributed by atoms with Crippen molar-refractivity contribution in [1.82, 2.24) is 4.98 Å². The Labute approximate surface area is 99.3 Å². The van der Waals surface area contributed by atoms with Gasteiger partial charge in [-0.1, -0.05) is 32.1 Å². The van der Waals surface area contributed by atoms with Crippen molar-refractivity contribution in [3.63, 3.8) is 0 Å². The molecule has 0 fully saturated rings. The Bertz CT molecular complexity index is 330. The van der Waals surface area contributed by atoms with E-state index in [0.29, 0.717) is 0 Å². The minimum atomic E-state index is 1.25. The number of hydrogen-bond acceptors (Lipinski definition) is 1. The lowest BCUT2D eigenvalue weighted by Crippen LogP contribution is -2.00. The van der Waals surface area contributed by atoms with Crippen LogP contribution in [0.3, 0.4) is 0 Å². The Morgan fingerprint density at radius 1 is 0.875 bits per heavy atom. The summed E-state index contributed by atoms with van der Waals surface area (Å²) in [6.07, 6.45) is 14.3. The number of aryl methyl sites for hydroxylation is 2. The maximum atomic E-state index is 4.44. The third-order valence-electron chi connectivity index (χ3n) is 3.74. The van der Waals surface area contributed by atoms with Crippen LogP contribution in [0.4, 0.5) is 0 Å². The first-order chi connectivity index (χ1) is 7.88. The van der Waals surface area contributed by atoms with Crippen molar-refractivity contribution in [2.75, 3.05) is 0 Å². The molecule has 0 unspecified atom stereocenters. The largest absolute Gasteiger partial charge is 0.261 e. The van der Waals surface area contributed by atoms with Crippen molar-refractivity contribution >= 4 is 0 Å². The summed E-state index contributed by atoms with van der Waals surface area (Å²) in [4.78, 5) is 4.44. The van der Waals surface area contributed by atoms with Gasteiger partial charge in [-0.2, -0.15) is 0 Å². The molecule has 1 aromatic heterocycles. The van der Waals surface area contributed by atoms with Crippen molar-refractivity contribution < 1.29 is 0 Å². The molecule has 0 spiro atoms. The zero-order valence-electron chi connectivity index (χ0n) is 10.5. The number of pyridine rings is 1. The molecule has 0 N–H and O–H groups in total. The van der Waals surface area contributed by atoms with Gasteiger partial charge in [0.25, 0.3) is 0 Å². The summed E-state index contributed by atoms with van der Waals surface area (Å²) in [5.74, 6) is 0. The molecule has 88 valence electrons. The second-order valence-electron chi connectivity index (χ2n) is 5.01. The van der Waals surface area contributed by atoms with Crippen LogP contribution in [-0.4, -0.2) is 4.98 Å². The maximum absolute atomic E-state index is 4.44. The molecule has 0 amide bonds. The maximum Gasteiger partial charge on any atom is 0.0407 e. The highest BCUT2D eigenvalue weighted by Gasteiger charge is 2.07. The van der Waals surface area contributed by atoms with E-state index in [2.05, 4.69) is 18.0 Å². The summed E-state index contributed by atoms with van der Waals surface area (Å²) in [5, 5.41) is 0. The molecule has 0 saturated carbocycles. The van der Waals surface area contributed by atoms with E-state index in [1.54, 1.807) is 11.1 Å².